The first-order chi connectivity index (χ1) is 10.4. The summed E-state index contributed by atoms with van der Waals surface area (Å²) < 4.78 is 39.5. The third kappa shape index (κ3) is 2.82. The molecule has 1 aromatic heterocycles. The van der Waals surface area contributed by atoms with Gasteiger partial charge in [0.1, 0.15) is 0 Å². The van der Waals surface area contributed by atoms with Crippen molar-refractivity contribution < 1.29 is 13.2 Å². The second-order valence-corrected chi connectivity index (χ2v) is 6.37. The molecule has 0 amide bonds. The van der Waals surface area contributed by atoms with Crippen molar-refractivity contribution in [2.24, 2.45) is 11.7 Å². The Morgan fingerprint density at radius 3 is 2.59 bits per heavy atom. The van der Waals surface area contributed by atoms with Crippen LogP contribution >= 0.6 is 0 Å². The van der Waals surface area contributed by atoms with Crippen molar-refractivity contribution in [3.8, 4) is 0 Å². The molecular weight excluding hydrogens is 289 g/mol. The van der Waals surface area contributed by atoms with Crippen molar-refractivity contribution >= 4 is 10.9 Å². The minimum Gasteiger partial charge on any atom is -0.328 e. The topological polar surface area (TPSA) is 38.9 Å². The minimum atomic E-state index is -4.39. The summed E-state index contributed by atoms with van der Waals surface area (Å²) in [6.45, 7) is 2.15. The van der Waals surface area contributed by atoms with Gasteiger partial charge in [-0.25, -0.2) is 0 Å². The number of hydrogen-bond acceptors (Lipinski definition) is 2. The van der Waals surface area contributed by atoms with Crippen molar-refractivity contribution in [2.75, 3.05) is 0 Å². The number of nitrogens with two attached hydrogens (primary N) is 1. The summed E-state index contributed by atoms with van der Waals surface area (Å²) in [4.78, 5) is 3.99. The fourth-order valence-corrected chi connectivity index (χ4v) is 3.69. The van der Waals surface area contributed by atoms with Crippen molar-refractivity contribution in [2.45, 2.75) is 44.3 Å². The SMILES string of the molecule is CC1CC(N)CC(c2ccc(C(F)(F)F)c3ncccc23)C1. The first-order valence-electron chi connectivity index (χ1n) is 7.56. The highest BCUT2D eigenvalue weighted by molar-refractivity contribution is 5.86. The fourth-order valence-electron chi connectivity index (χ4n) is 3.69. The average Bonchev–Trinajstić information content (AvgIpc) is 2.44. The van der Waals surface area contributed by atoms with Crippen LogP contribution in [0.5, 0.6) is 0 Å². The van der Waals surface area contributed by atoms with Crippen molar-refractivity contribution in [3.63, 3.8) is 0 Å². The largest absolute Gasteiger partial charge is 0.418 e. The van der Waals surface area contributed by atoms with E-state index in [1.807, 2.05) is 0 Å². The molecule has 1 aliphatic rings. The normalized spacial score (nSPS) is 26.3. The van der Waals surface area contributed by atoms with Crippen molar-refractivity contribution in [1.82, 2.24) is 4.98 Å². The molecule has 2 aromatic rings. The number of halogens is 3. The van der Waals surface area contributed by atoms with Crippen LogP contribution in [-0.4, -0.2) is 11.0 Å². The highest BCUT2D eigenvalue weighted by Gasteiger charge is 2.35. The quantitative estimate of drug-likeness (QED) is 0.843. The molecule has 1 heterocycles. The zero-order valence-electron chi connectivity index (χ0n) is 12.4. The van der Waals surface area contributed by atoms with E-state index in [0.29, 0.717) is 11.3 Å². The highest BCUT2D eigenvalue weighted by atomic mass is 19.4. The van der Waals surface area contributed by atoms with Gasteiger partial charge in [-0.2, -0.15) is 13.2 Å². The van der Waals surface area contributed by atoms with E-state index in [1.165, 1.54) is 6.20 Å². The molecule has 0 aliphatic heterocycles. The Labute approximate surface area is 127 Å². The molecule has 0 saturated heterocycles. The van der Waals surface area contributed by atoms with Crippen LogP contribution in [0, 0.1) is 5.92 Å². The number of rotatable bonds is 1. The summed E-state index contributed by atoms with van der Waals surface area (Å²) in [6.07, 6.45) is -0.214. The van der Waals surface area contributed by atoms with Crippen LogP contribution in [0.4, 0.5) is 13.2 Å². The molecule has 1 saturated carbocycles. The molecule has 22 heavy (non-hydrogen) atoms. The van der Waals surface area contributed by atoms with Gasteiger partial charge >= 0.3 is 6.18 Å². The number of alkyl halides is 3. The van der Waals surface area contributed by atoms with Gasteiger partial charge in [-0.15, -0.1) is 0 Å². The van der Waals surface area contributed by atoms with Crippen LogP contribution in [0.25, 0.3) is 10.9 Å². The van der Waals surface area contributed by atoms with E-state index in [2.05, 4.69) is 11.9 Å². The van der Waals surface area contributed by atoms with Gasteiger partial charge in [0.15, 0.2) is 0 Å². The zero-order valence-corrected chi connectivity index (χ0v) is 12.4. The molecule has 1 fully saturated rings. The van der Waals surface area contributed by atoms with Crippen LogP contribution in [0.1, 0.15) is 43.2 Å². The Hall–Kier alpha value is -1.62. The Kier molecular flexibility index (Phi) is 3.85. The summed E-state index contributed by atoms with van der Waals surface area (Å²) in [5.41, 5.74) is 6.42. The summed E-state index contributed by atoms with van der Waals surface area (Å²) in [6, 6.07) is 6.32. The molecule has 3 atom stereocenters. The Bertz CT molecular complexity index is 671. The Morgan fingerprint density at radius 2 is 1.91 bits per heavy atom. The smallest absolute Gasteiger partial charge is 0.328 e. The molecule has 3 rings (SSSR count). The van der Waals surface area contributed by atoms with Crippen LogP contribution in [-0.2, 0) is 6.18 Å². The maximum absolute atomic E-state index is 13.2. The number of benzene rings is 1. The predicted molar refractivity (Wildman–Crippen MR) is 80.5 cm³/mol. The van der Waals surface area contributed by atoms with Gasteiger partial charge in [0.2, 0.25) is 0 Å². The predicted octanol–water partition coefficient (Wildman–Crippen LogP) is 4.48. The number of aromatic nitrogens is 1. The molecule has 0 radical (unpaired) electrons. The van der Waals surface area contributed by atoms with E-state index in [0.717, 1.165) is 30.9 Å². The Balaban J connectivity index is 2.12. The molecule has 118 valence electrons. The van der Waals surface area contributed by atoms with Crippen LogP contribution in [0.3, 0.4) is 0 Å². The van der Waals surface area contributed by atoms with Crippen LogP contribution in [0.2, 0.25) is 0 Å². The fraction of sp³-hybridized carbons (Fsp3) is 0.471. The number of fused-ring (bicyclic) bond motifs is 1. The van der Waals surface area contributed by atoms with Crippen molar-refractivity contribution in [1.29, 1.82) is 0 Å². The number of pyridine rings is 1. The lowest BCUT2D eigenvalue weighted by atomic mass is 9.75. The monoisotopic (exact) mass is 308 g/mol. The van der Waals surface area contributed by atoms with E-state index in [9.17, 15) is 13.2 Å². The van der Waals surface area contributed by atoms with Gasteiger partial charge in [0.25, 0.3) is 0 Å². The van der Waals surface area contributed by atoms with E-state index in [4.69, 9.17) is 5.73 Å². The molecular formula is C17H19F3N2. The molecule has 0 bridgehead atoms. The minimum absolute atomic E-state index is 0.0410. The summed E-state index contributed by atoms with van der Waals surface area (Å²) in [5, 5.41) is 0.601. The lowest BCUT2D eigenvalue weighted by molar-refractivity contribution is -0.136. The molecule has 2 nitrogen and oxygen atoms in total. The van der Waals surface area contributed by atoms with Crippen LogP contribution < -0.4 is 5.73 Å². The van der Waals surface area contributed by atoms with Gasteiger partial charge in [-0.05, 0) is 48.8 Å². The van der Waals surface area contributed by atoms with E-state index in [1.54, 1.807) is 18.2 Å². The second-order valence-electron chi connectivity index (χ2n) is 6.37. The molecule has 1 aliphatic carbocycles. The zero-order chi connectivity index (χ0) is 15.9. The Morgan fingerprint density at radius 1 is 1.14 bits per heavy atom. The standard InChI is InChI=1S/C17H19F3N2/c1-10-7-11(9-12(21)8-10)13-4-5-15(17(18,19)20)16-14(13)3-2-6-22-16/h2-6,10-12H,7-9,21H2,1H3. The first-order valence-corrected chi connectivity index (χ1v) is 7.56. The van der Waals surface area contributed by atoms with Gasteiger partial charge in [-0.1, -0.05) is 19.1 Å². The maximum Gasteiger partial charge on any atom is 0.418 e. The average molecular weight is 308 g/mol. The molecule has 1 aromatic carbocycles. The summed E-state index contributed by atoms with van der Waals surface area (Å²) in [7, 11) is 0. The molecule has 3 unspecified atom stereocenters. The van der Waals surface area contributed by atoms with Gasteiger partial charge < -0.3 is 5.73 Å². The second kappa shape index (κ2) is 5.54. The van der Waals surface area contributed by atoms with E-state index >= 15 is 0 Å². The van der Waals surface area contributed by atoms with Gasteiger partial charge in [0.05, 0.1) is 11.1 Å². The molecule has 5 heteroatoms. The molecule has 0 spiro atoms. The van der Waals surface area contributed by atoms with Gasteiger partial charge in [-0.3, -0.25) is 4.98 Å². The van der Waals surface area contributed by atoms with Crippen molar-refractivity contribution in [3.05, 3.63) is 41.6 Å². The van der Waals surface area contributed by atoms with E-state index in [-0.39, 0.29) is 17.5 Å². The van der Waals surface area contributed by atoms with Gasteiger partial charge in [0, 0.05) is 17.6 Å². The third-order valence-electron chi connectivity index (χ3n) is 4.53. The molecule has 2 N–H and O–H groups in total. The number of hydrogen-bond donors (Lipinski definition) is 1. The third-order valence-corrected chi connectivity index (χ3v) is 4.53. The first kappa shape index (κ1) is 15.3. The lowest BCUT2D eigenvalue weighted by Crippen LogP contribution is -2.31. The maximum atomic E-state index is 13.2. The summed E-state index contributed by atoms with van der Waals surface area (Å²) >= 11 is 0. The highest BCUT2D eigenvalue weighted by Crippen LogP contribution is 2.41. The van der Waals surface area contributed by atoms with Crippen LogP contribution in [0.15, 0.2) is 30.5 Å². The number of nitrogens with zero attached hydrogens (tertiary/aromatic N) is 1. The summed E-state index contributed by atoms with van der Waals surface area (Å²) in [5.74, 6) is 0.690. The van der Waals surface area contributed by atoms with E-state index < -0.39 is 11.7 Å². The lowest BCUT2D eigenvalue weighted by Gasteiger charge is -2.32.